The average molecular weight is 1220 g/mol. The van der Waals surface area contributed by atoms with E-state index in [0.29, 0.717) is 34.9 Å². The van der Waals surface area contributed by atoms with Crippen LogP contribution in [0.5, 0.6) is 0 Å². The minimum atomic E-state index is 0.535. The Balaban J connectivity index is 0.704. The lowest BCUT2D eigenvalue weighted by Gasteiger charge is -2.17. The number of pyridine rings is 2. The fourth-order valence-electron chi connectivity index (χ4n) is 14.0. The van der Waals surface area contributed by atoms with E-state index in [2.05, 4.69) is 236 Å². The van der Waals surface area contributed by atoms with Gasteiger partial charge in [-0.1, -0.05) is 261 Å². The van der Waals surface area contributed by atoms with Crippen LogP contribution in [0.25, 0.3) is 189 Å². The molecule has 0 saturated carbocycles. The number of aromatic nitrogens is 8. The van der Waals surface area contributed by atoms with Gasteiger partial charge in [0, 0.05) is 57.5 Å². The lowest BCUT2D eigenvalue weighted by atomic mass is 9.88. The van der Waals surface area contributed by atoms with Gasteiger partial charge >= 0.3 is 0 Å². The van der Waals surface area contributed by atoms with Gasteiger partial charge in [-0.05, 0) is 158 Å². The molecule has 0 bridgehead atoms. The number of nitrogens with zero attached hydrogens (tertiary/aromatic N) is 8. The first-order valence-electron chi connectivity index (χ1n) is 32.2. The van der Waals surface area contributed by atoms with Crippen molar-refractivity contribution in [3.8, 4) is 124 Å². The lowest BCUT2D eigenvalue weighted by molar-refractivity contribution is 1.07. The van der Waals surface area contributed by atoms with Gasteiger partial charge in [-0.3, -0.25) is 9.97 Å². The zero-order valence-electron chi connectivity index (χ0n) is 51.8. The molecule has 0 saturated heterocycles. The minimum absolute atomic E-state index is 0.535. The summed E-state index contributed by atoms with van der Waals surface area (Å²) in [6.07, 6.45) is 5.40. The van der Waals surface area contributed by atoms with Gasteiger partial charge in [0.1, 0.15) is 0 Å². The first kappa shape index (κ1) is 55.8. The highest BCUT2D eigenvalue weighted by Gasteiger charge is 2.22. The summed E-state index contributed by atoms with van der Waals surface area (Å²) in [4.78, 5) is 40.4. The first-order valence-corrected chi connectivity index (χ1v) is 32.2. The summed E-state index contributed by atoms with van der Waals surface area (Å²) in [6, 6.07) is 109. The third-order valence-electron chi connectivity index (χ3n) is 18.5. The molecule has 0 fully saturated rings. The van der Waals surface area contributed by atoms with Gasteiger partial charge in [0.2, 0.25) is 0 Å². The monoisotopic (exact) mass is 1220 g/mol. The zero-order chi connectivity index (χ0) is 63.5. The first-order chi connectivity index (χ1) is 47.6. The third-order valence-corrected chi connectivity index (χ3v) is 18.5. The number of benzene rings is 14. The highest BCUT2D eigenvalue weighted by Crippen LogP contribution is 2.44. The Bertz CT molecular complexity index is 5980. The van der Waals surface area contributed by atoms with Gasteiger partial charge in [-0.25, -0.2) is 29.9 Å². The maximum Gasteiger partial charge on any atom is 0.164 e. The second-order valence-corrected chi connectivity index (χ2v) is 24.1. The topological polar surface area (TPSA) is 103 Å². The number of rotatable bonds is 11. The van der Waals surface area contributed by atoms with Crippen molar-refractivity contribution < 1.29 is 0 Å². The second kappa shape index (κ2) is 23.6. The van der Waals surface area contributed by atoms with Crippen molar-refractivity contribution in [3.63, 3.8) is 0 Å². The zero-order valence-corrected chi connectivity index (χ0v) is 51.8. The normalized spacial score (nSPS) is 11.5. The van der Waals surface area contributed by atoms with Gasteiger partial charge in [-0.2, -0.15) is 0 Å². The van der Waals surface area contributed by atoms with E-state index in [0.717, 1.165) is 116 Å². The smallest absolute Gasteiger partial charge is 0.164 e. The standard InChI is InChI=1S/C88H54N8/c1-3-20-55(21-4-1)83-91-84(56-22-5-2-6-23-56)94-88(93-83)78-37-18-16-32-70(78)66-28-9-7-26-64(66)61-39-42-75-76-43-40-62(53-81(76)73-35-15-14-34-72(73)80(75)52-61)82-54-63(46-49-90-82)86-92-85(57-44-47-89-48-45-57)95-87(96-86)77-36-17-8-27-65(77)60-25-19-24-58(50-60)59-38-41-74-69-31-11-10-29-67(69)68-30-12-13-33-71(68)79(74)51-59/h1-54H. The fourth-order valence-corrected chi connectivity index (χ4v) is 14.0. The Morgan fingerprint density at radius 1 is 0.156 bits per heavy atom. The van der Waals surface area contributed by atoms with Crippen LogP contribution < -0.4 is 0 Å². The van der Waals surface area contributed by atoms with Gasteiger partial charge in [-0.15, -0.1) is 0 Å². The van der Waals surface area contributed by atoms with E-state index in [9.17, 15) is 0 Å². The van der Waals surface area contributed by atoms with Crippen molar-refractivity contribution in [2.24, 2.45) is 0 Å². The molecule has 4 heterocycles. The molecule has 0 N–H and O–H groups in total. The average Bonchev–Trinajstić information content (AvgIpc) is 0.751. The van der Waals surface area contributed by atoms with E-state index in [1.54, 1.807) is 12.4 Å². The highest BCUT2D eigenvalue weighted by atomic mass is 15.0. The molecule has 8 heteroatoms. The van der Waals surface area contributed by atoms with Crippen LogP contribution in [0.2, 0.25) is 0 Å². The van der Waals surface area contributed by atoms with Gasteiger partial charge in [0.25, 0.3) is 0 Å². The molecule has 0 aliphatic rings. The SMILES string of the molecule is c1ccc(-c2nc(-c3ccccc3)nc(-c3ccccc3-c3ccccc3-c3ccc4c5ccc(-c6cc(-c7nc(-c8ccncc8)nc(-c8ccccc8-c8cccc(-c9ccc%10c%11ccccc%11c%11ccccc%11c%10c9)c8)n7)ccn6)cc5c5ccccc5c4c3)n2)cc1. The molecule has 0 amide bonds. The van der Waals surface area contributed by atoms with Crippen LogP contribution in [0.3, 0.4) is 0 Å². The Kier molecular flexibility index (Phi) is 13.7. The maximum absolute atomic E-state index is 5.34. The molecule has 0 atom stereocenters. The summed E-state index contributed by atoms with van der Waals surface area (Å²) in [5.74, 6) is 3.49. The van der Waals surface area contributed by atoms with Crippen molar-refractivity contribution in [2.45, 2.75) is 0 Å². The summed E-state index contributed by atoms with van der Waals surface area (Å²) in [7, 11) is 0. The van der Waals surface area contributed by atoms with Crippen LogP contribution in [-0.4, -0.2) is 39.9 Å². The van der Waals surface area contributed by atoms with Gasteiger partial charge < -0.3 is 0 Å². The third kappa shape index (κ3) is 9.96. The van der Waals surface area contributed by atoms with E-state index in [1.165, 1.54) is 37.7 Å². The highest BCUT2D eigenvalue weighted by molar-refractivity contribution is 6.27. The summed E-state index contributed by atoms with van der Waals surface area (Å²) in [5, 5.41) is 14.4. The maximum atomic E-state index is 5.34. The Morgan fingerprint density at radius 3 is 1.00 bits per heavy atom. The van der Waals surface area contributed by atoms with E-state index in [-0.39, 0.29) is 0 Å². The molecule has 4 aromatic heterocycles. The van der Waals surface area contributed by atoms with Crippen molar-refractivity contribution >= 4 is 64.6 Å². The fraction of sp³-hybridized carbons (Fsp3) is 0. The van der Waals surface area contributed by atoms with Crippen molar-refractivity contribution in [1.29, 1.82) is 0 Å². The van der Waals surface area contributed by atoms with Gasteiger partial charge in [0.15, 0.2) is 34.9 Å². The predicted molar refractivity (Wildman–Crippen MR) is 394 cm³/mol. The van der Waals surface area contributed by atoms with Crippen molar-refractivity contribution in [3.05, 3.63) is 328 Å². The Labute approximate surface area is 553 Å². The van der Waals surface area contributed by atoms with Crippen LogP contribution in [0, 0.1) is 0 Å². The molecular formula is C88H54N8. The molecule has 446 valence electrons. The van der Waals surface area contributed by atoms with E-state index in [1.807, 2.05) is 85.1 Å². The lowest BCUT2D eigenvalue weighted by Crippen LogP contribution is -2.01. The molecule has 14 aromatic carbocycles. The molecule has 96 heavy (non-hydrogen) atoms. The largest absolute Gasteiger partial charge is 0.265 e. The molecule has 0 unspecified atom stereocenters. The minimum Gasteiger partial charge on any atom is -0.265 e. The van der Waals surface area contributed by atoms with Crippen LogP contribution in [-0.2, 0) is 0 Å². The van der Waals surface area contributed by atoms with Crippen molar-refractivity contribution in [1.82, 2.24) is 39.9 Å². The van der Waals surface area contributed by atoms with Gasteiger partial charge in [0.05, 0.1) is 5.69 Å². The summed E-state index contributed by atoms with van der Waals surface area (Å²) in [6.45, 7) is 0. The molecule has 0 radical (unpaired) electrons. The van der Waals surface area contributed by atoms with Crippen LogP contribution in [0.4, 0.5) is 0 Å². The molecule has 0 aliphatic heterocycles. The number of hydrogen-bond donors (Lipinski definition) is 0. The van der Waals surface area contributed by atoms with Crippen LogP contribution >= 0.6 is 0 Å². The Hall–Kier alpha value is -13.0. The molecular weight excluding hydrogens is 1170 g/mol. The second-order valence-electron chi connectivity index (χ2n) is 24.1. The quantitative estimate of drug-likeness (QED) is 0.118. The molecule has 0 aliphatic carbocycles. The summed E-state index contributed by atoms with van der Waals surface area (Å²) < 4.78 is 0. The van der Waals surface area contributed by atoms with E-state index >= 15 is 0 Å². The molecule has 18 rings (SSSR count). The van der Waals surface area contributed by atoms with Crippen molar-refractivity contribution in [2.75, 3.05) is 0 Å². The summed E-state index contributed by atoms with van der Waals surface area (Å²) in [5.41, 5.74) is 15.7. The molecule has 0 spiro atoms. The molecule has 18 aromatic rings. The van der Waals surface area contributed by atoms with Crippen LogP contribution in [0.1, 0.15) is 0 Å². The van der Waals surface area contributed by atoms with E-state index < -0.39 is 0 Å². The van der Waals surface area contributed by atoms with Crippen LogP contribution in [0.15, 0.2) is 328 Å². The predicted octanol–water partition coefficient (Wildman–Crippen LogP) is 22.1. The summed E-state index contributed by atoms with van der Waals surface area (Å²) >= 11 is 0. The van der Waals surface area contributed by atoms with E-state index in [4.69, 9.17) is 34.9 Å². The Morgan fingerprint density at radius 2 is 0.469 bits per heavy atom. The number of hydrogen-bond acceptors (Lipinski definition) is 8. The molecule has 8 nitrogen and oxygen atoms in total. The number of fused-ring (bicyclic) bond motifs is 12.